The zero-order valence-electron chi connectivity index (χ0n) is 14.5. The van der Waals surface area contributed by atoms with Crippen molar-refractivity contribution in [3.63, 3.8) is 0 Å². The second-order valence-corrected chi connectivity index (χ2v) is 9.00. The SMILES string of the molecule is COc1csc2ccc(C3C4CCC(C4)C3CN3CCCC3)cc12. The zero-order chi connectivity index (χ0) is 16.1. The van der Waals surface area contributed by atoms with E-state index in [1.807, 2.05) is 0 Å². The predicted molar refractivity (Wildman–Crippen MR) is 101 cm³/mol. The number of fused-ring (bicyclic) bond motifs is 3. The molecule has 2 aliphatic carbocycles. The van der Waals surface area contributed by atoms with E-state index in [-0.39, 0.29) is 0 Å². The van der Waals surface area contributed by atoms with E-state index in [0.29, 0.717) is 0 Å². The molecule has 4 atom stereocenters. The molecule has 3 aliphatic rings. The van der Waals surface area contributed by atoms with Crippen LogP contribution in [0.2, 0.25) is 0 Å². The Balaban J connectivity index is 1.48. The Kier molecular flexibility index (Phi) is 3.82. The van der Waals surface area contributed by atoms with Crippen LogP contribution < -0.4 is 4.74 Å². The molecule has 128 valence electrons. The summed E-state index contributed by atoms with van der Waals surface area (Å²) in [6, 6.07) is 7.20. The maximum Gasteiger partial charge on any atom is 0.137 e. The predicted octanol–water partition coefficient (Wildman–Crippen LogP) is 5.14. The number of benzene rings is 1. The van der Waals surface area contributed by atoms with Gasteiger partial charge in [0.15, 0.2) is 0 Å². The molecular formula is C21H27NOS. The molecule has 2 bridgehead atoms. The van der Waals surface area contributed by atoms with E-state index in [9.17, 15) is 0 Å². The molecule has 2 saturated carbocycles. The average Bonchev–Trinajstić information content (AvgIpc) is 3.38. The molecule has 2 heterocycles. The van der Waals surface area contributed by atoms with E-state index >= 15 is 0 Å². The summed E-state index contributed by atoms with van der Waals surface area (Å²) >= 11 is 1.80. The first kappa shape index (κ1) is 15.2. The average molecular weight is 342 g/mol. The van der Waals surface area contributed by atoms with Crippen molar-refractivity contribution in [3.05, 3.63) is 29.1 Å². The van der Waals surface area contributed by atoms with Crippen molar-refractivity contribution in [3.8, 4) is 5.75 Å². The van der Waals surface area contributed by atoms with Crippen LogP contribution in [0.5, 0.6) is 5.75 Å². The Morgan fingerprint density at radius 3 is 2.83 bits per heavy atom. The number of hydrogen-bond donors (Lipinski definition) is 0. The molecule has 1 aromatic heterocycles. The summed E-state index contributed by atoms with van der Waals surface area (Å²) in [5.41, 5.74) is 1.58. The summed E-state index contributed by atoms with van der Waals surface area (Å²) in [5, 5.41) is 3.47. The minimum atomic E-state index is 0.776. The van der Waals surface area contributed by atoms with Gasteiger partial charge in [0.25, 0.3) is 0 Å². The lowest BCUT2D eigenvalue weighted by Crippen LogP contribution is -2.33. The maximum absolute atomic E-state index is 5.58. The summed E-state index contributed by atoms with van der Waals surface area (Å²) in [4.78, 5) is 2.74. The van der Waals surface area contributed by atoms with Gasteiger partial charge in [0, 0.05) is 22.0 Å². The van der Waals surface area contributed by atoms with Crippen LogP contribution in [0, 0.1) is 17.8 Å². The smallest absolute Gasteiger partial charge is 0.137 e. The molecule has 4 unspecified atom stereocenters. The third-order valence-electron chi connectivity index (χ3n) is 6.92. The van der Waals surface area contributed by atoms with Crippen molar-refractivity contribution < 1.29 is 4.74 Å². The van der Waals surface area contributed by atoms with E-state index in [1.165, 1.54) is 61.8 Å². The third-order valence-corrected chi connectivity index (χ3v) is 7.86. The van der Waals surface area contributed by atoms with Crippen LogP contribution >= 0.6 is 11.3 Å². The normalized spacial score (nSPS) is 32.9. The van der Waals surface area contributed by atoms with Gasteiger partial charge in [-0.3, -0.25) is 0 Å². The van der Waals surface area contributed by atoms with Gasteiger partial charge < -0.3 is 9.64 Å². The molecule has 3 heteroatoms. The molecule has 2 aromatic rings. The first-order valence-electron chi connectivity index (χ1n) is 9.61. The fourth-order valence-corrected chi connectivity index (χ4v) is 6.73. The highest BCUT2D eigenvalue weighted by atomic mass is 32.1. The highest BCUT2D eigenvalue weighted by molar-refractivity contribution is 7.17. The Bertz CT molecular complexity index is 733. The quantitative estimate of drug-likeness (QED) is 0.764. The molecule has 2 nitrogen and oxygen atoms in total. The lowest BCUT2D eigenvalue weighted by Gasteiger charge is -2.34. The van der Waals surface area contributed by atoms with Gasteiger partial charge in [0.1, 0.15) is 5.75 Å². The van der Waals surface area contributed by atoms with Gasteiger partial charge in [-0.05, 0) is 86.6 Å². The molecule has 0 amide bonds. The van der Waals surface area contributed by atoms with E-state index in [2.05, 4.69) is 28.5 Å². The summed E-state index contributed by atoms with van der Waals surface area (Å²) in [7, 11) is 1.79. The fourth-order valence-electron chi connectivity index (χ4n) is 5.84. The van der Waals surface area contributed by atoms with Crippen LogP contribution in [0.25, 0.3) is 10.1 Å². The van der Waals surface area contributed by atoms with Crippen LogP contribution in [0.4, 0.5) is 0 Å². The van der Waals surface area contributed by atoms with Crippen molar-refractivity contribution in [1.82, 2.24) is 4.90 Å². The van der Waals surface area contributed by atoms with E-state index in [4.69, 9.17) is 4.74 Å². The molecule has 1 aliphatic heterocycles. The number of likely N-dealkylation sites (tertiary alicyclic amines) is 1. The summed E-state index contributed by atoms with van der Waals surface area (Å²) < 4.78 is 6.94. The molecule has 1 saturated heterocycles. The standard InChI is InChI=1S/C21H27NOS/c1-23-19-13-24-20-7-6-16(11-17(19)20)21-15-5-4-14(10-15)18(21)12-22-8-2-3-9-22/h6-7,11,13-15,18,21H,2-5,8-10,12H2,1H3. The molecule has 3 fully saturated rings. The second kappa shape index (κ2) is 6.03. The monoisotopic (exact) mass is 341 g/mol. The molecular weight excluding hydrogens is 314 g/mol. The van der Waals surface area contributed by atoms with Crippen LogP contribution in [0.15, 0.2) is 23.6 Å². The second-order valence-electron chi connectivity index (χ2n) is 8.09. The van der Waals surface area contributed by atoms with Gasteiger partial charge in [0.05, 0.1) is 7.11 Å². The minimum Gasteiger partial charge on any atom is -0.495 e. The van der Waals surface area contributed by atoms with E-state index in [0.717, 1.165) is 29.4 Å². The summed E-state index contributed by atoms with van der Waals surface area (Å²) in [6.45, 7) is 4.00. The van der Waals surface area contributed by atoms with Gasteiger partial charge in [-0.15, -0.1) is 11.3 Å². The number of nitrogens with zero attached hydrogens (tertiary/aromatic N) is 1. The maximum atomic E-state index is 5.58. The number of rotatable bonds is 4. The van der Waals surface area contributed by atoms with Gasteiger partial charge >= 0.3 is 0 Å². The Labute approximate surface area is 148 Å². The summed E-state index contributed by atoms with van der Waals surface area (Å²) in [6.07, 6.45) is 7.21. The molecule has 0 N–H and O–H groups in total. The van der Waals surface area contributed by atoms with Crippen LogP contribution in [0.1, 0.15) is 43.6 Å². The Morgan fingerprint density at radius 1 is 1.17 bits per heavy atom. The Hall–Kier alpha value is -1.06. The highest BCUT2D eigenvalue weighted by Crippen LogP contribution is 2.57. The Morgan fingerprint density at radius 2 is 2.00 bits per heavy atom. The van der Waals surface area contributed by atoms with Crippen molar-refractivity contribution in [2.75, 3.05) is 26.7 Å². The van der Waals surface area contributed by atoms with Crippen LogP contribution in [-0.4, -0.2) is 31.6 Å². The van der Waals surface area contributed by atoms with Crippen LogP contribution in [-0.2, 0) is 0 Å². The van der Waals surface area contributed by atoms with Crippen LogP contribution in [0.3, 0.4) is 0 Å². The van der Waals surface area contributed by atoms with Crippen molar-refractivity contribution in [2.45, 2.75) is 38.0 Å². The van der Waals surface area contributed by atoms with Crippen molar-refractivity contribution in [1.29, 1.82) is 0 Å². The minimum absolute atomic E-state index is 0.776. The first-order chi connectivity index (χ1) is 11.8. The molecule has 0 spiro atoms. The van der Waals surface area contributed by atoms with Gasteiger partial charge in [-0.25, -0.2) is 0 Å². The largest absolute Gasteiger partial charge is 0.495 e. The third kappa shape index (κ3) is 2.40. The van der Waals surface area contributed by atoms with Crippen molar-refractivity contribution in [2.24, 2.45) is 17.8 Å². The fraction of sp³-hybridized carbons (Fsp3) is 0.619. The lowest BCUT2D eigenvalue weighted by molar-refractivity contribution is 0.197. The lowest BCUT2D eigenvalue weighted by atomic mass is 9.75. The zero-order valence-corrected chi connectivity index (χ0v) is 15.4. The topological polar surface area (TPSA) is 12.5 Å². The first-order valence-corrected chi connectivity index (χ1v) is 10.5. The van der Waals surface area contributed by atoms with E-state index in [1.54, 1.807) is 24.0 Å². The molecule has 1 aromatic carbocycles. The highest BCUT2D eigenvalue weighted by Gasteiger charge is 2.48. The number of ether oxygens (including phenoxy) is 1. The molecule has 0 radical (unpaired) electrons. The van der Waals surface area contributed by atoms with Gasteiger partial charge in [-0.1, -0.05) is 6.07 Å². The van der Waals surface area contributed by atoms with Gasteiger partial charge in [-0.2, -0.15) is 0 Å². The number of hydrogen-bond acceptors (Lipinski definition) is 3. The van der Waals surface area contributed by atoms with Crippen molar-refractivity contribution >= 4 is 21.4 Å². The molecule has 24 heavy (non-hydrogen) atoms. The van der Waals surface area contributed by atoms with Gasteiger partial charge in [0.2, 0.25) is 0 Å². The molecule has 5 rings (SSSR count). The van der Waals surface area contributed by atoms with E-state index < -0.39 is 0 Å². The summed E-state index contributed by atoms with van der Waals surface area (Å²) in [5.74, 6) is 4.60. The number of thiophene rings is 1. The number of methoxy groups -OCH3 is 1.